The number of carbonyl (C=O) groups is 1. The molecule has 22 heavy (non-hydrogen) atoms. The minimum absolute atomic E-state index is 0.0132. The summed E-state index contributed by atoms with van der Waals surface area (Å²) in [5.41, 5.74) is 1.94. The molecule has 114 valence electrons. The van der Waals surface area contributed by atoms with Gasteiger partial charge in [-0.1, -0.05) is 30.3 Å². The second kappa shape index (κ2) is 5.89. The molecule has 1 fully saturated rings. The van der Waals surface area contributed by atoms with Gasteiger partial charge in [0.15, 0.2) is 0 Å². The Hall–Kier alpha value is -2.20. The van der Waals surface area contributed by atoms with Gasteiger partial charge in [0.05, 0.1) is 11.2 Å². The molecule has 2 heterocycles. The van der Waals surface area contributed by atoms with E-state index in [1.54, 1.807) is 17.3 Å². The zero-order valence-electron chi connectivity index (χ0n) is 12.7. The number of carbonyl (C=O) groups excluding carboxylic acids is 1. The number of nitrogens with zero attached hydrogens (tertiary/aromatic N) is 2. The summed E-state index contributed by atoms with van der Waals surface area (Å²) in [5, 5.41) is 9.99. The fourth-order valence-electron chi connectivity index (χ4n) is 2.72. The van der Waals surface area contributed by atoms with E-state index in [1.165, 1.54) is 0 Å². The number of amides is 1. The molecule has 1 saturated heterocycles. The van der Waals surface area contributed by atoms with Crippen molar-refractivity contribution in [2.45, 2.75) is 25.4 Å². The van der Waals surface area contributed by atoms with Crippen molar-refractivity contribution in [3.05, 3.63) is 54.4 Å². The second-order valence-electron chi connectivity index (χ2n) is 6.12. The Bertz CT molecular complexity index is 658. The van der Waals surface area contributed by atoms with Crippen LogP contribution in [0, 0.1) is 0 Å². The van der Waals surface area contributed by atoms with Crippen LogP contribution in [-0.4, -0.2) is 39.6 Å². The molecule has 0 unspecified atom stereocenters. The number of hydrogen-bond donors (Lipinski definition) is 1. The maximum absolute atomic E-state index is 12.6. The highest BCUT2D eigenvalue weighted by molar-refractivity contribution is 5.95. The molecule has 0 bridgehead atoms. The lowest BCUT2D eigenvalue weighted by Gasteiger charge is -2.35. The number of rotatable bonds is 2. The van der Waals surface area contributed by atoms with E-state index >= 15 is 0 Å². The largest absolute Gasteiger partial charge is 0.390 e. The van der Waals surface area contributed by atoms with Crippen molar-refractivity contribution in [1.29, 1.82) is 0 Å². The van der Waals surface area contributed by atoms with Crippen molar-refractivity contribution < 1.29 is 9.90 Å². The minimum Gasteiger partial charge on any atom is -0.390 e. The minimum atomic E-state index is -0.652. The van der Waals surface area contributed by atoms with E-state index in [-0.39, 0.29) is 5.91 Å². The summed E-state index contributed by atoms with van der Waals surface area (Å²) < 4.78 is 0. The highest BCUT2D eigenvalue weighted by Crippen LogP contribution is 2.24. The van der Waals surface area contributed by atoms with Crippen molar-refractivity contribution in [3.8, 4) is 11.1 Å². The Morgan fingerprint density at radius 3 is 2.50 bits per heavy atom. The molecule has 0 atom stereocenters. The highest BCUT2D eigenvalue weighted by atomic mass is 16.3. The molecule has 0 saturated carbocycles. The third-order valence-electron chi connectivity index (χ3n) is 4.22. The van der Waals surface area contributed by atoms with Gasteiger partial charge in [0.2, 0.25) is 0 Å². The summed E-state index contributed by atoms with van der Waals surface area (Å²) >= 11 is 0. The quantitative estimate of drug-likeness (QED) is 0.927. The van der Waals surface area contributed by atoms with Gasteiger partial charge in [-0.25, -0.2) is 0 Å². The molecule has 0 spiro atoms. The van der Waals surface area contributed by atoms with Crippen LogP contribution in [0.25, 0.3) is 11.1 Å². The van der Waals surface area contributed by atoms with E-state index in [0.717, 1.165) is 11.1 Å². The van der Waals surface area contributed by atoms with Crippen LogP contribution in [0.5, 0.6) is 0 Å². The molecule has 0 aliphatic carbocycles. The Morgan fingerprint density at radius 2 is 1.82 bits per heavy atom. The number of piperidine rings is 1. The molecule has 2 aromatic rings. The number of hydrogen-bond acceptors (Lipinski definition) is 3. The zero-order chi connectivity index (χ0) is 15.6. The van der Waals surface area contributed by atoms with Crippen LogP contribution < -0.4 is 0 Å². The lowest BCUT2D eigenvalue weighted by atomic mass is 9.93. The lowest BCUT2D eigenvalue weighted by Crippen LogP contribution is -2.45. The summed E-state index contributed by atoms with van der Waals surface area (Å²) in [6.07, 6.45) is 4.61. The maximum atomic E-state index is 12.6. The van der Waals surface area contributed by atoms with E-state index in [2.05, 4.69) is 4.98 Å². The van der Waals surface area contributed by atoms with Crippen LogP contribution in [0.4, 0.5) is 0 Å². The fraction of sp³-hybridized carbons (Fsp3) is 0.333. The smallest absolute Gasteiger partial charge is 0.255 e. The Morgan fingerprint density at radius 1 is 1.14 bits per heavy atom. The average Bonchev–Trinajstić information content (AvgIpc) is 2.55. The van der Waals surface area contributed by atoms with Crippen LogP contribution in [-0.2, 0) is 0 Å². The summed E-state index contributed by atoms with van der Waals surface area (Å²) in [6.45, 7) is 3.00. The molecule has 4 heteroatoms. The normalized spacial score (nSPS) is 17.3. The monoisotopic (exact) mass is 296 g/mol. The Kier molecular flexibility index (Phi) is 3.94. The number of benzene rings is 1. The van der Waals surface area contributed by atoms with Gasteiger partial charge >= 0.3 is 0 Å². The van der Waals surface area contributed by atoms with Crippen molar-refractivity contribution in [2.24, 2.45) is 0 Å². The van der Waals surface area contributed by atoms with E-state index in [9.17, 15) is 9.90 Å². The predicted octanol–water partition coefficient (Wildman–Crippen LogP) is 2.74. The first kappa shape index (κ1) is 14.7. The summed E-state index contributed by atoms with van der Waals surface area (Å²) in [6, 6.07) is 11.8. The van der Waals surface area contributed by atoms with Crippen LogP contribution in [0.1, 0.15) is 30.1 Å². The molecule has 1 N–H and O–H groups in total. The van der Waals surface area contributed by atoms with E-state index in [0.29, 0.717) is 31.5 Å². The molecule has 1 aromatic carbocycles. The Balaban J connectivity index is 1.79. The van der Waals surface area contributed by atoms with Crippen LogP contribution in [0.3, 0.4) is 0 Å². The average molecular weight is 296 g/mol. The van der Waals surface area contributed by atoms with Crippen molar-refractivity contribution in [3.63, 3.8) is 0 Å². The Labute approximate surface area is 130 Å². The lowest BCUT2D eigenvalue weighted by molar-refractivity contribution is -0.00203. The van der Waals surface area contributed by atoms with Crippen molar-refractivity contribution in [1.82, 2.24) is 9.88 Å². The molecular weight excluding hydrogens is 276 g/mol. The van der Waals surface area contributed by atoms with E-state index in [4.69, 9.17) is 0 Å². The van der Waals surface area contributed by atoms with Gasteiger partial charge in [0.1, 0.15) is 0 Å². The van der Waals surface area contributed by atoms with Gasteiger partial charge in [-0.05, 0) is 31.4 Å². The highest BCUT2D eigenvalue weighted by Gasteiger charge is 2.30. The molecule has 1 aromatic heterocycles. The van der Waals surface area contributed by atoms with Gasteiger partial charge in [-0.3, -0.25) is 9.78 Å². The summed E-state index contributed by atoms with van der Waals surface area (Å²) in [4.78, 5) is 18.6. The third-order valence-corrected chi connectivity index (χ3v) is 4.22. The first-order chi connectivity index (χ1) is 10.6. The van der Waals surface area contributed by atoms with Gasteiger partial charge < -0.3 is 10.0 Å². The molecule has 1 aliphatic heterocycles. The van der Waals surface area contributed by atoms with Crippen molar-refractivity contribution in [2.75, 3.05) is 13.1 Å². The number of aromatic nitrogens is 1. The molecule has 0 radical (unpaired) electrons. The van der Waals surface area contributed by atoms with Gasteiger partial charge in [-0.15, -0.1) is 0 Å². The van der Waals surface area contributed by atoms with Crippen molar-refractivity contribution >= 4 is 5.91 Å². The van der Waals surface area contributed by atoms with Crippen LogP contribution in [0.15, 0.2) is 48.8 Å². The molecular formula is C18H20N2O2. The van der Waals surface area contributed by atoms with Crippen LogP contribution >= 0.6 is 0 Å². The standard InChI is InChI=1S/C18H20N2O2/c1-18(22)7-9-20(10-8-18)17(21)16-11-15(12-19-13-16)14-5-3-2-4-6-14/h2-6,11-13,22H,7-10H2,1H3. The molecule has 1 aliphatic rings. The van der Waals surface area contributed by atoms with E-state index < -0.39 is 5.60 Å². The number of likely N-dealkylation sites (tertiary alicyclic amines) is 1. The summed E-state index contributed by atoms with van der Waals surface area (Å²) in [5.74, 6) is -0.0132. The molecule has 4 nitrogen and oxygen atoms in total. The molecule has 1 amide bonds. The first-order valence-corrected chi connectivity index (χ1v) is 7.57. The van der Waals surface area contributed by atoms with Gasteiger partial charge in [-0.2, -0.15) is 0 Å². The van der Waals surface area contributed by atoms with Gasteiger partial charge in [0.25, 0.3) is 5.91 Å². The molecule has 3 rings (SSSR count). The van der Waals surface area contributed by atoms with Crippen LogP contribution in [0.2, 0.25) is 0 Å². The van der Waals surface area contributed by atoms with E-state index in [1.807, 2.05) is 43.3 Å². The number of aliphatic hydroxyl groups is 1. The zero-order valence-corrected chi connectivity index (χ0v) is 12.7. The first-order valence-electron chi connectivity index (χ1n) is 7.57. The number of pyridine rings is 1. The van der Waals surface area contributed by atoms with Gasteiger partial charge in [0, 0.05) is 31.0 Å². The summed E-state index contributed by atoms with van der Waals surface area (Å²) in [7, 11) is 0. The maximum Gasteiger partial charge on any atom is 0.255 e. The SMILES string of the molecule is CC1(O)CCN(C(=O)c2cncc(-c3ccccc3)c2)CC1. The predicted molar refractivity (Wildman–Crippen MR) is 85.4 cm³/mol. The third kappa shape index (κ3) is 3.17. The second-order valence-corrected chi connectivity index (χ2v) is 6.12. The topological polar surface area (TPSA) is 53.4 Å². The fourth-order valence-corrected chi connectivity index (χ4v) is 2.72.